The minimum atomic E-state index is 0.130. The number of carbonyl (C=O) groups excluding carboxylic acids is 1. The van der Waals surface area contributed by atoms with Gasteiger partial charge in [-0.3, -0.25) is 9.69 Å². The molecule has 0 fully saturated rings. The zero-order chi connectivity index (χ0) is 20.8. The molecule has 0 unspecified atom stereocenters. The number of fused-ring (bicyclic) bond motifs is 1. The fourth-order valence-electron chi connectivity index (χ4n) is 3.71. The van der Waals surface area contributed by atoms with Gasteiger partial charge in [0, 0.05) is 18.8 Å². The van der Waals surface area contributed by atoms with E-state index in [1.165, 1.54) is 5.56 Å². The van der Waals surface area contributed by atoms with E-state index in [4.69, 9.17) is 14.2 Å². The number of aryl methyl sites for hydroxylation is 1. The van der Waals surface area contributed by atoms with E-state index in [-0.39, 0.29) is 5.91 Å². The first kappa shape index (κ1) is 21.0. The van der Waals surface area contributed by atoms with E-state index in [1.54, 1.807) is 21.3 Å². The Morgan fingerprint density at radius 3 is 2.55 bits per heavy atom. The summed E-state index contributed by atoms with van der Waals surface area (Å²) in [5, 5.41) is 0. The van der Waals surface area contributed by atoms with Crippen molar-refractivity contribution < 1.29 is 19.0 Å². The summed E-state index contributed by atoms with van der Waals surface area (Å²) >= 11 is 0. The third-order valence-corrected chi connectivity index (χ3v) is 5.34. The highest BCUT2D eigenvalue weighted by molar-refractivity contribution is 5.96. The molecule has 6 heteroatoms. The van der Waals surface area contributed by atoms with Crippen LogP contribution in [-0.2, 0) is 17.6 Å². The number of hydrogen-bond donors (Lipinski definition) is 0. The summed E-state index contributed by atoms with van der Waals surface area (Å²) in [6.07, 6.45) is 2.78. The Kier molecular flexibility index (Phi) is 6.99. The molecule has 29 heavy (non-hydrogen) atoms. The lowest BCUT2D eigenvalue weighted by Gasteiger charge is -2.31. The molecule has 0 aliphatic carbocycles. The number of hydrogen-bond acceptors (Lipinski definition) is 5. The number of rotatable bonds is 8. The minimum absolute atomic E-state index is 0.130. The Morgan fingerprint density at radius 1 is 1.03 bits per heavy atom. The predicted molar refractivity (Wildman–Crippen MR) is 114 cm³/mol. The third-order valence-electron chi connectivity index (χ3n) is 5.34. The van der Waals surface area contributed by atoms with Crippen molar-refractivity contribution in [1.29, 1.82) is 0 Å². The summed E-state index contributed by atoms with van der Waals surface area (Å²) in [5.74, 6) is 2.42. The molecule has 156 valence electrons. The van der Waals surface area contributed by atoms with Crippen molar-refractivity contribution in [2.45, 2.75) is 19.3 Å². The Morgan fingerprint density at radius 2 is 1.83 bits per heavy atom. The van der Waals surface area contributed by atoms with Gasteiger partial charge >= 0.3 is 0 Å². The number of benzene rings is 2. The molecule has 0 atom stereocenters. The number of anilines is 1. The highest BCUT2D eigenvalue weighted by Gasteiger charge is 2.23. The van der Waals surface area contributed by atoms with Crippen molar-refractivity contribution in [2.24, 2.45) is 0 Å². The molecule has 0 spiro atoms. The summed E-state index contributed by atoms with van der Waals surface area (Å²) < 4.78 is 16.0. The fraction of sp³-hybridized carbons (Fsp3) is 0.435. The zero-order valence-electron chi connectivity index (χ0n) is 17.7. The number of carbonyl (C=O) groups is 1. The number of amides is 1. The second-order valence-electron chi connectivity index (χ2n) is 7.32. The lowest BCUT2D eigenvalue weighted by molar-refractivity contribution is -0.119. The van der Waals surface area contributed by atoms with Gasteiger partial charge in [-0.25, -0.2) is 0 Å². The van der Waals surface area contributed by atoms with Crippen molar-refractivity contribution in [3.63, 3.8) is 0 Å². The minimum Gasteiger partial charge on any atom is -0.497 e. The first-order valence-electron chi connectivity index (χ1n) is 9.92. The Balaban J connectivity index is 1.59. The predicted octanol–water partition coefficient (Wildman–Crippen LogP) is 3.17. The monoisotopic (exact) mass is 398 g/mol. The van der Waals surface area contributed by atoms with Crippen LogP contribution in [0.5, 0.6) is 17.2 Å². The number of ether oxygens (including phenoxy) is 3. The SMILES string of the molecule is COc1ccc2c(c1)CCCN2C(=O)CN(C)CCc1ccc(OC)c(OC)c1. The van der Waals surface area contributed by atoms with Gasteiger partial charge < -0.3 is 19.1 Å². The maximum atomic E-state index is 12.9. The second-order valence-corrected chi connectivity index (χ2v) is 7.32. The molecule has 3 rings (SSSR count). The highest BCUT2D eigenvalue weighted by atomic mass is 16.5. The summed E-state index contributed by atoms with van der Waals surface area (Å²) in [6, 6.07) is 11.9. The van der Waals surface area contributed by atoms with Crippen LogP contribution in [-0.4, -0.2) is 58.8 Å². The molecule has 2 aromatic carbocycles. The van der Waals surface area contributed by atoms with Crippen LogP contribution in [0.25, 0.3) is 0 Å². The zero-order valence-corrected chi connectivity index (χ0v) is 17.7. The first-order valence-corrected chi connectivity index (χ1v) is 9.92. The van der Waals surface area contributed by atoms with Crippen LogP contribution in [0.4, 0.5) is 5.69 Å². The van der Waals surface area contributed by atoms with Crippen LogP contribution in [0.1, 0.15) is 17.5 Å². The molecule has 2 aromatic rings. The number of likely N-dealkylation sites (N-methyl/N-ethyl adjacent to an activating group) is 1. The van der Waals surface area contributed by atoms with Gasteiger partial charge in [-0.05, 0) is 67.8 Å². The highest BCUT2D eigenvalue weighted by Crippen LogP contribution is 2.31. The molecule has 1 aliphatic rings. The van der Waals surface area contributed by atoms with Crippen LogP contribution in [0, 0.1) is 0 Å². The quantitative estimate of drug-likeness (QED) is 0.684. The summed E-state index contributed by atoms with van der Waals surface area (Å²) in [6.45, 7) is 1.94. The Hall–Kier alpha value is -2.73. The van der Waals surface area contributed by atoms with E-state index >= 15 is 0 Å². The number of methoxy groups -OCH3 is 3. The smallest absolute Gasteiger partial charge is 0.241 e. The van der Waals surface area contributed by atoms with Crippen molar-refractivity contribution in [3.05, 3.63) is 47.5 Å². The van der Waals surface area contributed by atoms with Crippen molar-refractivity contribution in [1.82, 2.24) is 4.90 Å². The fourth-order valence-corrected chi connectivity index (χ4v) is 3.71. The normalized spacial score (nSPS) is 13.2. The second kappa shape index (κ2) is 9.65. The van der Waals surface area contributed by atoms with Crippen molar-refractivity contribution in [2.75, 3.05) is 52.9 Å². The van der Waals surface area contributed by atoms with Gasteiger partial charge in [0.1, 0.15) is 5.75 Å². The molecule has 0 saturated heterocycles. The average Bonchev–Trinajstić information content (AvgIpc) is 2.76. The molecule has 6 nitrogen and oxygen atoms in total. The first-order chi connectivity index (χ1) is 14.0. The molecule has 1 aliphatic heterocycles. The summed E-state index contributed by atoms with van der Waals surface area (Å²) in [7, 11) is 6.92. The maximum absolute atomic E-state index is 12.9. The molecule has 0 N–H and O–H groups in total. The van der Waals surface area contributed by atoms with Crippen LogP contribution < -0.4 is 19.1 Å². The Bertz CT molecular complexity index is 853. The molecule has 0 saturated carbocycles. The van der Waals surface area contributed by atoms with Gasteiger partial charge in [0.05, 0.1) is 27.9 Å². The molecular formula is C23H30N2O4. The van der Waals surface area contributed by atoms with Gasteiger partial charge in [0.15, 0.2) is 11.5 Å². The van der Waals surface area contributed by atoms with E-state index in [0.29, 0.717) is 6.54 Å². The van der Waals surface area contributed by atoms with Crippen LogP contribution >= 0.6 is 0 Å². The molecule has 0 bridgehead atoms. The van der Waals surface area contributed by atoms with Gasteiger partial charge in [0.2, 0.25) is 5.91 Å². The van der Waals surface area contributed by atoms with E-state index < -0.39 is 0 Å². The largest absolute Gasteiger partial charge is 0.497 e. The summed E-state index contributed by atoms with van der Waals surface area (Å²) in [5.41, 5.74) is 3.34. The van der Waals surface area contributed by atoms with Crippen LogP contribution in [0.2, 0.25) is 0 Å². The van der Waals surface area contributed by atoms with Gasteiger partial charge in [0.25, 0.3) is 0 Å². The Labute approximate surface area is 173 Å². The van der Waals surface area contributed by atoms with Crippen LogP contribution in [0.3, 0.4) is 0 Å². The third kappa shape index (κ3) is 5.01. The molecule has 0 aromatic heterocycles. The number of nitrogens with zero attached hydrogens (tertiary/aromatic N) is 2. The average molecular weight is 399 g/mol. The van der Waals surface area contributed by atoms with E-state index in [0.717, 1.165) is 60.9 Å². The lowest BCUT2D eigenvalue weighted by Crippen LogP contribution is -2.42. The van der Waals surface area contributed by atoms with E-state index in [1.807, 2.05) is 48.3 Å². The van der Waals surface area contributed by atoms with E-state index in [9.17, 15) is 4.79 Å². The molecular weight excluding hydrogens is 368 g/mol. The van der Waals surface area contributed by atoms with E-state index in [2.05, 4.69) is 4.90 Å². The molecule has 1 amide bonds. The molecule has 1 heterocycles. The topological polar surface area (TPSA) is 51.2 Å². The molecule has 0 radical (unpaired) electrons. The van der Waals surface area contributed by atoms with Gasteiger partial charge in [-0.2, -0.15) is 0 Å². The van der Waals surface area contributed by atoms with Crippen molar-refractivity contribution >= 4 is 11.6 Å². The van der Waals surface area contributed by atoms with Crippen LogP contribution in [0.15, 0.2) is 36.4 Å². The summed E-state index contributed by atoms with van der Waals surface area (Å²) in [4.78, 5) is 16.9. The van der Waals surface area contributed by atoms with Gasteiger partial charge in [-0.15, -0.1) is 0 Å². The van der Waals surface area contributed by atoms with Crippen molar-refractivity contribution in [3.8, 4) is 17.2 Å². The lowest BCUT2D eigenvalue weighted by atomic mass is 10.0. The maximum Gasteiger partial charge on any atom is 0.241 e. The standard InChI is InChI=1S/C23H30N2O4/c1-24(13-11-17-7-10-21(28-3)22(14-17)29-4)16-23(26)25-12-5-6-18-15-19(27-2)8-9-20(18)25/h7-10,14-15H,5-6,11-13,16H2,1-4H3. The van der Waals surface area contributed by atoms with Gasteiger partial charge in [-0.1, -0.05) is 6.07 Å².